The highest BCUT2D eigenvalue weighted by Crippen LogP contribution is 2.31. The third kappa shape index (κ3) is 3.21. The predicted octanol–water partition coefficient (Wildman–Crippen LogP) is 0.976. The SMILES string of the molecule is CNC1CCCN(S(=O)(=O)c2ccc(OC)c([N+](=O)[O-])c2)C1. The summed E-state index contributed by atoms with van der Waals surface area (Å²) in [6.07, 6.45) is 1.66. The molecule has 122 valence electrons. The van der Waals surface area contributed by atoms with E-state index in [1.54, 1.807) is 7.05 Å². The van der Waals surface area contributed by atoms with Crippen molar-refractivity contribution < 1.29 is 18.1 Å². The van der Waals surface area contributed by atoms with E-state index in [0.29, 0.717) is 13.1 Å². The fourth-order valence-corrected chi connectivity index (χ4v) is 4.06. The smallest absolute Gasteiger partial charge is 0.312 e. The van der Waals surface area contributed by atoms with Gasteiger partial charge in [-0.3, -0.25) is 10.1 Å². The van der Waals surface area contributed by atoms with E-state index < -0.39 is 14.9 Å². The number of nitrogens with one attached hydrogen (secondary N) is 1. The maximum atomic E-state index is 12.7. The van der Waals surface area contributed by atoms with Crippen LogP contribution in [0.15, 0.2) is 23.1 Å². The molecule has 22 heavy (non-hydrogen) atoms. The molecule has 0 aromatic heterocycles. The van der Waals surface area contributed by atoms with Gasteiger partial charge in [-0.05, 0) is 32.0 Å². The highest BCUT2D eigenvalue weighted by atomic mass is 32.2. The Labute approximate surface area is 129 Å². The molecule has 0 amide bonds. The molecule has 0 spiro atoms. The van der Waals surface area contributed by atoms with E-state index in [4.69, 9.17) is 4.74 Å². The van der Waals surface area contributed by atoms with Crippen LogP contribution in [0.1, 0.15) is 12.8 Å². The number of nitro groups is 1. The molecular formula is C13H19N3O5S. The normalized spacial score (nSPS) is 19.8. The minimum Gasteiger partial charge on any atom is -0.490 e. The van der Waals surface area contributed by atoms with Crippen LogP contribution >= 0.6 is 0 Å². The van der Waals surface area contributed by atoms with Gasteiger partial charge in [0.1, 0.15) is 0 Å². The van der Waals surface area contributed by atoms with Gasteiger partial charge in [0, 0.05) is 25.2 Å². The summed E-state index contributed by atoms with van der Waals surface area (Å²) in [6, 6.07) is 3.79. The van der Waals surface area contributed by atoms with Crippen molar-refractivity contribution in [2.24, 2.45) is 0 Å². The number of hydrogen-bond acceptors (Lipinski definition) is 6. The molecule has 1 unspecified atom stereocenters. The van der Waals surface area contributed by atoms with E-state index >= 15 is 0 Å². The number of rotatable bonds is 5. The second kappa shape index (κ2) is 6.59. The zero-order valence-electron chi connectivity index (χ0n) is 12.5. The first-order valence-corrected chi connectivity index (χ1v) is 8.34. The number of benzene rings is 1. The van der Waals surface area contributed by atoms with Gasteiger partial charge in [-0.2, -0.15) is 4.31 Å². The third-order valence-corrected chi connectivity index (χ3v) is 5.64. The van der Waals surface area contributed by atoms with Crippen molar-refractivity contribution in [3.8, 4) is 5.75 Å². The quantitative estimate of drug-likeness (QED) is 0.638. The van der Waals surface area contributed by atoms with Crippen LogP contribution in [0.5, 0.6) is 5.75 Å². The van der Waals surface area contributed by atoms with Crippen LogP contribution in [0.2, 0.25) is 0 Å². The molecule has 9 heteroatoms. The topological polar surface area (TPSA) is 102 Å². The van der Waals surface area contributed by atoms with Gasteiger partial charge >= 0.3 is 5.69 Å². The molecule has 0 aliphatic carbocycles. The van der Waals surface area contributed by atoms with Gasteiger partial charge in [0.05, 0.1) is 16.9 Å². The summed E-state index contributed by atoms with van der Waals surface area (Å²) >= 11 is 0. The van der Waals surface area contributed by atoms with Gasteiger partial charge < -0.3 is 10.1 Å². The van der Waals surface area contributed by atoms with Gasteiger partial charge in [0.15, 0.2) is 5.75 Å². The molecule has 2 rings (SSSR count). The summed E-state index contributed by atoms with van der Waals surface area (Å²) in [4.78, 5) is 10.3. The highest BCUT2D eigenvalue weighted by Gasteiger charge is 2.31. The molecule has 1 aliphatic heterocycles. The molecule has 0 saturated carbocycles. The summed E-state index contributed by atoms with van der Waals surface area (Å²) in [5.41, 5.74) is -0.356. The second-order valence-electron chi connectivity index (χ2n) is 5.08. The average molecular weight is 329 g/mol. The monoisotopic (exact) mass is 329 g/mol. The number of nitro benzene ring substituents is 1. The van der Waals surface area contributed by atoms with E-state index in [-0.39, 0.29) is 22.4 Å². The molecular weight excluding hydrogens is 310 g/mol. The molecule has 0 radical (unpaired) electrons. The Balaban J connectivity index is 2.37. The Morgan fingerprint density at radius 3 is 2.77 bits per heavy atom. The number of likely N-dealkylation sites (N-methyl/N-ethyl adjacent to an activating group) is 1. The van der Waals surface area contributed by atoms with Crippen LogP contribution in [0, 0.1) is 10.1 Å². The summed E-state index contributed by atoms with van der Waals surface area (Å²) < 4.78 is 31.6. The molecule has 1 heterocycles. The molecule has 1 N–H and O–H groups in total. The lowest BCUT2D eigenvalue weighted by Gasteiger charge is -2.31. The van der Waals surface area contributed by atoms with Crippen molar-refractivity contribution in [1.29, 1.82) is 0 Å². The number of hydrogen-bond donors (Lipinski definition) is 1. The molecule has 1 aromatic rings. The van der Waals surface area contributed by atoms with Gasteiger partial charge in [-0.1, -0.05) is 0 Å². The lowest BCUT2D eigenvalue weighted by Crippen LogP contribution is -2.46. The van der Waals surface area contributed by atoms with Crippen molar-refractivity contribution in [3.63, 3.8) is 0 Å². The fraction of sp³-hybridized carbons (Fsp3) is 0.538. The van der Waals surface area contributed by atoms with Gasteiger partial charge in [0.2, 0.25) is 10.0 Å². The van der Waals surface area contributed by atoms with Crippen molar-refractivity contribution >= 4 is 15.7 Å². The third-order valence-electron chi connectivity index (χ3n) is 3.78. The first-order valence-electron chi connectivity index (χ1n) is 6.90. The molecule has 8 nitrogen and oxygen atoms in total. The van der Waals surface area contributed by atoms with Gasteiger partial charge in [-0.15, -0.1) is 0 Å². The molecule has 1 saturated heterocycles. The average Bonchev–Trinajstić information content (AvgIpc) is 2.54. The zero-order chi connectivity index (χ0) is 16.3. The van der Waals surface area contributed by atoms with E-state index in [1.807, 2.05) is 0 Å². The van der Waals surface area contributed by atoms with Crippen molar-refractivity contribution in [2.45, 2.75) is 23.8 Å². The number of sulfonamides is 1. The van der Waals surface area contributed by atoms with Gasteiger partial charge in [-0.25, -0.2) is 8.42 Å². The summed E-state index contributed by atoms with van der Waals surface area (Å²) in [5.74, 6) is 0.0377. The largest absolute Gasteiger partial charge is 0.490 e. The van der Waals surface area contributed by atoms with Crippen molar-refractivity contribution in [1.82, 2.24) is 9.62 Å². The number of nitrogens with zero attached hydrogens (tertiary/aromatic N) is 2. The molecule has 1 aliphatic rings. The standard InChI is InChI=1S/C13H19N3O5S/c1-14-10-4-3-7-15(9-10)22(19,20)11-5-6-13(21-2)12(8-11)16(17)18/h5-6,8,10,14H,3-4,7,9H2,1-2H3. The Hall–Kier alpha value is -1.71. The summed E-state index contributed by atoms with van der Waals surface area (Å²) in [7, 11) is -0.658. The van der Waals surface area contributed by atoms with Crippen LogP contribution in [0.25, 0.3) is 0 Å². The lowest BCUT2D eigenvalue weighted by atomic mass is 10.1. The first-order chi connectivity index (χ1) is 10.4. The van der Waals surface area contributed by atoms with Crippen LogP contribution in [0.4, 0.5) is 5.69 Å². The fourth-order valence-electron chi connectivity index (χ4n) is 2.52. The number of ether oxygens (including phenoxy) is 1. The molecule has 1 atom stereocenters. The Kier molecular flexibility index (Phi) is 4.99. The van der Waals surface area contributed by atoms with Gasteiger partial charge in [0.25, 0.3) is 0 Å². The van der Waals surface area contributed by atoms with E-state index in [1.165, 1.54) is 23.5 Å². The Morgan fingerprint density at radius 2 is 2.18 bits per heavy atom. The number of methoxy groups -OCH3 is 1. The minimum atomic E-state index is -3.75. The minimum absolute atomic E-state index is 0.0377. The van der Waals surface area contributed by atoms with E-state index in [2.05, 4.69) is 5.32 Å². The molecule has 1 fully saturated rings. The van der Waals surface area contributed by atoms with E-state index in [0.717, 1.165) is 18.9 Å². The summed E-state index contributed by atoms with van der Waals surface area (Å²) in [5, 5.41) is 14.1. The highest BCUT2D eigenvalue weighted by molar-refractivity contribution is 7.89. The van der Waals surface area contributed by atoms with Crippen molar-refractivity contribution in [3.05, 3.63) is 28.3 Å². The zero-order valence-corrected chi connectivity index (χ0v) is 13.3. The first kappa shape index (κ1) is 16.7. The maximum absolute atomic E-state index is 12.7. The molecule has 1 aromatic carbocycles. The van der Waals surface area contributed by atoms with Crippen LogP contribution in [0.3, 0.4) is 0 Å². The Bertz CT molecular complexity index is 662. The van der Waals surface area contributed by atoms with Crippen LogP contribution in [-0.2, 0) is 10.0 Å². The Morgan fingerprint density at radius 1 is 1.45 bits per heavy atom. The van der Waals surface area contributed by atoms with E-state index in [9.17, 15) is 18.5 Å². The van der Waals surface area contributed by atoms with Crippen molar-refractivity contribution in [2.75, 3.05) is 27.2 Å². The van der Waals surface area contributed by atoms with Crippen LogP contribution in [-0.4, -0.2) is 50.9 Å². The molecule has 0 bridgehead atoms. The second-order valence-corrected chi connectivity index (χ2v) is 7.02. The lowest BCUT2D eigenvalue weighted by molar-refractivity contribution is -0.386. The number of piperidine rings is 1. The maximum Gasteiger partial charge on any atom is 0.312 e. The summed E-state index contributed by atoms with van der Waals surface area (Å²) in [6.45, 7) is 0.777. The predicted molar refractivity (Wildman–Crippen MR) is 80.5 cm³/mol. The van der Waals surface area contributed by atoms with Crippen LogP contribution < -0.4 is 10.1 Å².